The summed E-state index contributed by atoms with van der Waals surface area (Å²) in [6.45, 7) is -0.0596. The molecule has 0 atom stereocenters. The zero-order valence-electron chi connectivity index (χ0n) is 14.2. The van der Waals surface area contributed by atoms with Crippen LogP contribution in [0.3, 0.4) is 0 Å². The molecular formula is C17H18N4O5S. The van der Waals surface area contributed by atoms with Gasteiger partial charge in [0.05, 0.1) is 5.69 Å². The molecule has 2 aromatic rings. The largest absolute Gasteiger partial charge is 0.506 e. The highest BCUT2D eigenvalue weighted by Crippen LogP contribution is 2.31. The van der Waals surface area contributed by atoms with Gasteiger partial charge in [0, 0.05) is 12.2 Å². The Bertz CT molecular complexity index is 963. The van der Waals surface area contributed by atoms with Crippen molar-refractivity contribution in [3.05, 3.63) is 54.1 Å². The van der Waals surface area contributed by atoms with Crippen LogP contribution in [0.25, 0.3) is 0 Å². The predicted octanol–water partition coefficient (Wildman–Crippen LogP) is 0.937. The van der Waals surface area contributed by atoms with E-state index in [0.29, 0.717) is 24.2 Å². The molecule has 0 aliphatic carbocycles. The molecule has 0 unspecified atom stereocenters. The number of urea groups is 1. The monoisotopic (exact) mass is 390 g/mol. The summed E-state index contributed by atoms with van der Waals surface area (Å²) in [4.78, 5) is 23.1. The lowest BCUT2D eigenvalue weighted by Crippen LogP contribution is -2.30. The van der Waals surface area contributed by atoms with Crippen molar-refractivity contribution >= 4 is 33.5 Å². The first-order chi connectivity index (χ1) is 12.8. The highest BCUT2D eigenvalue weighted by Gasteiger charge is 2.35. The molecule has 1 aliphatic heterocycles. The number of carbonyl (C=O) groups excluding carboxylic acids is 2. The van der Waals surface area contributed by atoms with Gasteiger partial charge in [-0.2, -0.15) is 8.42 Å². The number of nitrogens with one attached hydrogen (secondary N) is 3. The number of hydrogen-bond acceptors (Lipinski definition) is 5. The maximum Gasteiger partial charge on any atom is 0.326 e. The average molecular weight is 390 g/mol. The summed E-state index contributed by atoms with van der Waals surface area (Å²) >= 11 is 0. The fraction of sp³-hybridized carbons (Fsp3) is 0.176. The van der Waals surface area contributed by atoms with E-state index in [4.69, 9.17) is 0 Å². The van der Waals surface area contributed by atoms with Crippen molar-refractivity contribution < 1.29 is 23.1 Å². The molecule has 1 aliphatic rings. The Hall–Kier alpha value is -3.27. The van der Waals surface area contributed by atoms with Gasteiger partial charge in [-0.25, -0.2) is 13.8 Å². The van der Waals surface area contributed by atoms with Crippen LogP contribution in [0.15, 0.2) is 48.5 Å². The number of rotatable bonds is 5. The predicted molar refractivity (Wildman–Crippen MR) is 99.7 cm³/mol. The fourth-order valence-corrected chi connectivity index (χ4v) is 3.78. The summed E-state index contributed by atoms with van der Waals surface area (Å²) in [5, 5.41) is 15.5. The molecule has 9 nitrogen and oxygen atoms in total. The number of amides is 3. The van der Waals surface area contributed by atoms with E-state index < -0.39 is 16.1 Å². The lowest BCUT2D eigenvalue weighted by atomic mass is 10.1. The van der Waals surface area contributed by atoms with Crippen LogP contribution in [0.4, 0.5) is 16.2 Å². The Morgan fingerprint density at radius 2 is 1.93 bits per heavy atom. The van der Waals surface area contributed by atoms with Crippen molar-refractivity contribution in [2.45, 2.75) is 6.42 Å². The van der Waals surface area contributed by atoms with Crippen molar-refractivity contribution in [1.29, 1.82) is 0 Å². The fourth-order valence-electron chi connectivity index (χ4n) is 2.61. The number of phenolic OH excluding ortho intramolecular Hbond substituents is 1. The van der Waals surface area contributed by atoms with Gasteiger partial charge in [0.25, 0.3) is 5.91 Å². The van der Waals surface area contributed by atoms with E-state index in [0.717, 1.165) is 4.31 Å². The molecule has 10 heteroatoms. The molecule has 3 rings (SSSR count). The SMILES string of the molecule is O=C1CN(c2ccc(CCNC(=O)Nc3ccccc3)cc2O)S(=O)(=O)N1. The maximum absolute atomic E-state index is 11.8. The molecule has 1 heterocycles. The van der Waals surface area contributed by atoms with Crippen LogP contribution >= 0.6 is 0 Å². The van der Waals surface area contributed by atoms with Gasteiger partial charge >= 0.3 is 16.2 Å². The van der Waals surface area contributed by atoms with Gasteiger partial charge < -0.3 is 15.7 Å². The van der Waals surface area contributed by atoms with Gasteiger partial charge in [-0.1, -0.05) is 24.3 Å². The summed E-state index contributed by atoms with van der Waals surface area (Å²) in [6.07, 6.45) is 0.431. The summed E-state index contributed by atoms with van der Waals surface area (Å²) in [5.74, 6) is -0.923. The normalized spacial score (nSPS) is 15.3. The van der Waals surface area contributed by atoms with Gasteiger partial charge in [-0.15, -0.1) is 0 Å². The molecule has 1 saturated heterocycles. The van der Waals surface area contributed by atoms with Crippen molar-refractivity contribution in [2.75, 3.05) is 22.7 Å². The molecule has 0 aromatic heterocycles. The number of nitrogens with zero attached hydrogens (tertiary/aromatic N) is 1. The lowest BCUT2D eigenvalue weighted by Gasteiger charge is -2.16. The number of hydrogen-bond donors (Lipinski definition) is 4. The molecule has 2 aromatic carbocycles. The van der Waals surface area contributed by atoms with Gasteiger partial charge in [0.15, 0.2) is 0 Å². The molecule has 0 bridgehead atoms. The average Bonchev–Trinajstić information content (AvgIpc) is 2.88. The van der Waals surface area contributed by atoms with E-state index in [1.807, 2.05) is 22.9 Å². The van der Waals surface area contributed by atoms with Gasteiger partial charge in [0.1, 0.15) is 12.3 Å². The molecule has 0 saturated carbocycles. The molecular weight excluding hydrogens is 372 g/mol. The minimum atomic E-state index is -3.97. The number of benzene rings is 2. The Morgan fingerprint density at radius 3 is 2.56 bits per heavy atom. The summed E-state index contributed by atoms with van der Waals surface area (Å²) in [5.41, 5.74) is 1.39. The number of carbonyl (C=O) groups is 2. The summed E-state index contributed by atoms with van der Waals surface area (Å²) in [7, 11) is -3.97. The summed E-state index contributed by atoms with van der Waals surface area (Å²) in [6, 6.07) is 13.1. The lowest BCUT2D eigenvalue weighted by molar-refractivity contribution is -0.117. The minimum absolute atomic E-state index is 0.0203. The first-order valence-electron chi connectivity index (χ1n) is 8.10. The molecule has 27 heavy (non-hydrogen) atoms. The highest BCUT2D eigenvalue weighted by atomic mass is 32.2. The third-order valence-electron chi connectivity index (χ3n) is 3.86. The van der Waals surface area contributed by atoms with Gasteiger partial charge in [-0.3, -0.25) is 4.79 Å². The van der Waals surface area contributed by atoms with Crippen LogP contribution in [-0.4, -0.2) is 38.6 Å². The molecule has 0 radical (unpaired) electrons. The smallest absolute Gasteiger partial charge is 0.326 e. The zero-order valence-corrected chi connectivity index (χ0v) is 15.0. The number of aromatic hydroxyl groups is 1. The van der Waals surface area contributed by atoms with Crippen LogP contribution < -0.4 is 19.7 Å². The molecule has 4 N–H and O–H groups in total. The van der Waals surface area contributed by atoms with E-state index in [1.165, 1.54) is 12.1 Å². The van der Waals surface area contributed by atoms with Crippen LogP contribution in [0, 0.1) is 0 Å². The first-order valence-corrected chi connectivity index (χ1v) is 9.54. The quantitative estimate of drug-likeness (QED) is 0.604. The van der Waals surface area contributed by atoms with Gasteiger partial charge in [0.2, 0.25) is 0 Å². The van der Waals surface area contributed by atoms with Crippen LogP contribution in [0.5, 0.6) is 5.75 Å². The first kappa shape index (κ1) is 18.5. The Labute approximate surface area is 156 Å². The van der Waals surface area contributed by atoms with Crippen molar-refractivity contribution in [2.24, 2.45) is 0 Å². The number of anilines is 2. The maximum atomic E-state index is 11.8. The van der Waals surface area contributed by atoms with E-state index in [9.17, 15) is 23.1 Å². The topological polar surface area (TPSA) is 128 Å². The summed E-state index contributed by atoms with van der Waals surface area (Å²) < 4.78 is 26.3. The third kappa shape index (κ3) is 4.47. The van der Waals surface area contributed by atoms with Crippen molar-refractivity contribution in [1.82, 2.24) is 10.0 Å². The van der Waals surface area contributed by atoms with E-state index in [1.54, 1.807) is 18.2 Å². The van der Waals surface area contributed by atoms with E-state index in [-0.39, 0.29) is 24.0 Å². The Kier molecular flexibility index (Phi) is 5.17. The van der Waals surface area contributed by atoms with E-state index >= 15 is 0 Å². The standard InChI is InChI=1S/C17H18N4O5S/c22-15-10-12(6-7-14(15)21-11-16(23)20-27(21,25)26)8-9-18-17(24)19-13-4-2-1-3-5-13/h1-7,10,22H,8-9,11H2,(H,20,23)(H2,18,19,24). The van der Waals surface area contributed by atoms with Crippen LogP contribution in [0.2, 0.25) is 0 Å². The number of para-hydroxylation sites is 1. The minimum Gasteiger partial charge on any atom is -0.506 e. The van der Waals surface area contributed by atoms with Crippen LogP contribution in [0.1, 0.15) is 5.56 Å². The molecule has 0 spiro atoms. The molecule has 142 valence electrons. The molecule has 1 fully saturated rings. The second-order valence-corrected chi connectivity index (χ2v) is 7.45. The second kappa shape index (κ2) is 7.54. The second-order valence-electron chi connectivity index (χ2n) is 5.86. The van der Waals surface area contributed by atoms with E-state index in [2.05, 4.69) is 10.6 Å². The van der Waals surface area contributed by atoms with Crippen molar-refractivity contribution in [3.63, 3.8) is 0 Å². The van der Waals surface area contributed by atoms with Crippen molar-refractivity contribution in [3.8, 4) is 5.75 Å². The Morgan fingerprint density at radius 1 is 1.19 bits per heavy atom. The van der Waals surface area contributed by atoms with Gasteiger partial charge in [-0.05, 0) is 36.2 Å². The molecule has 3 amide bonds. The zero-order chi connectivity index (χ0) is 19.4. The third-order valence-corrected chi connectivity index (χ3v) is 5.25. The van der Waals surface area contributed by atoms with Crippen LogP contribution in [-0.2, 0) is 21.4 Å². The number of phenols is 1. The highest BCUT2D eigenvalue weighted by molar-refractivity contribution is 7.92. The Balaban J connectivity index is 1.57.